The Bertz CT molecular complexity index is 710. The highest BCUT2D eigenvalue weighted by Crippen LogP contribution is 2.27. The molecular formula is C17H22N4O2S. The zero-order chi connectivity index (χ0) is 17.5. The number of aromatic nitrogens is 2. The van der Waals surface area contributed by atoms with Gasteiger partial charge in [0.1, 0.15) is 5.01 Å². The van der Waals surface area contributed by atoms with E-state index in [2.05, 4.69) is 34.7 Å². The minimum Gasteiger partial charge on any atom is -0.343 e. The summed E-state index contributed by atoms with van der Waals surface area (Å²) in [5.41, 5.74) is 1.44. The summed E-state index contributed by atoms with van der Waals surface area (Å²) >= 11 is 1.38. The van der Waals surface area contributed by atoms with Crippen molar-refractivity contribution in [2.45, 2.75) is 39.5 Å². The molecule has 0 saturated carbocycles. The Hall–Kier alpha value is -2.28. The molecule has 1 aromatic carbocycles. The Labute approximate surface area is 145 Å². The van der Waals surface area contributed by atoms with Crippen molar-refractivity contribution in [1.82, 2.24) is 15.5 Å². The number of rotatable bonds is 7. The molecule has 24 heavy (non-hydrogen) atoms. The molecule has 7 heteroatoms. The monoisotopic (exact) mass is 346 g/mol. The van der Waals surface area contributed by atoms with Crippen molar-refractivity contribution in [2.24, 2.45) is 0 Å². The summed E-state index contributed by atoms with van der Waals surface area (Å²) in [6, 6.07) is 7.25. The molecule has 0 radical (unpaired) electrons. The van der Waals surface area contributed by atoms with E-state index in [1.165, 1.54) is 11.3 Å². The average Bonchev–Trinajstić information content (AvgIpc) is 3.02. The zero-order valence-corrected chi connectivity index (χ0v) is 14.9. The van der Waals surface area contributed by atoms with E-state index in [0.717, 1.165) is 23.4 Å². The van der Waals surface area contributed by atoms with Gasteiger partial charge in [-0.25, -0.2) is 0 Å². The molecule has 0 aliphatic heterocycles. The van der Waals surface area contributed by atoms with Gasteiger partial charge in [0.2, 0.25) is 11.0 Å². The topological polar surface area (TPSA) is 84.0 Å². The predicted octanol–water partition coefficient (Wildman–Crippen LogP) is 3.12. The van der Waals surface area contributed by atoms with Gasteiger partial charge in [0.25, 0.3) is 5.91 Å². The summed E-state index contributed by atoms with van der Waals surface area (Å²) in [5, 5.41) is 14.8. The van der Waals surface area contributed by atoms with Crippen molar-refractivity contribution >= 4 is 28.3 Å². The number of anilines is 1. The molecule has 0 unspecified atom stereocenters. The summed E-state index contributed by atoms with van der Waals surface area (Å²) < 4.78 is 0. The van der Waals surface area contributed by atoms with Gasteiger partial charge in [0.05, 0.1) is 6.54 Å². The van der Waals surface area contributed by atoms with Crippen LogP contribution in [0.1, 0.15) is 53.5 Å². The smallest absolute Gasteiger partial charge is 0.251 e. The van der Waals surface area contributed by atoms with E-state index in [1.54, 1.807) is 12.1 Å². The lowest BCUT2D eigenvalue weighted by Crippen LogP contribution is -2.33. The Morgan fingerprint density at radius 3 is 2.54 bits per heavy atom. The second kappa shape index (κ2) is 8.54. The molecule has 2 N–H and O–H groups in total. The quantitative estimate of drug-likeness (QED) is 0.807. The van der Waals surface area contributed by atoms with Gasteiger partial charge in [0.15, 0.2) is 0 Å². The van der Waals surface area contributed by atoms with Crippen molar-refractivity contribution in [3.05, 3.63) is 40.4 Å². The van der Waals surface area contributed by atoms with Crippen LogP contribution in [0.3, 0.4) is 0 Å². The van der Waals surface area contributed by atoms with Gasteiger partial charge in [0, 0.05) is 11.5 Å². The van der Waals surface area contributed by atoms with Gasteiger partial charge < -0.3 is 5.32 Å². The van der Waals surface area contributed by atoms with E-state index < -0.39 is 0 Å². The SMILES string of the molecule is CCC(CC)c1nnc(NC(=O)CNC(=O)c2ccccc2C)s1. The number of aryl methyl sites for hydroxylation is 1. The molecule has 0 saturated heterocycles. The van der Waals surface area contributed by atoms with E-state index in [4.69, 9.17) is 0 Å². The van der Waals surface area contributed by atoms with E-state index in [-0.39, 0.29) is 18.4 Å². The molecular weight excluding hydrogens is 324 g/mol. The third-order valence-corrected chi connectivity index (χ3v) is 4.82. The molecule has 0 aliphatic carbocycles. The van der Waals surface area contributed by atoms with Crippen LogP contribution in [0.15, 0.2) is 24.3 Å². The number of nitrogens with zero attached hydrogens (tertiary/aromatic N) is 2. The van der Waals surface area contributed by atoms with E-state index in [0.29, 0.717) is 16.6 Å². The average molecular weight is 346 g/mol. The predicted molar refractivity (Wildman–Crippen MR) is 95.4 cm³/mol. The first-order valence-corrected chi connectivity index (χ1v) is 8.83. The first-order chi connectivity index (χ1) is 11.5. The highest BCUT2D eigenvalue weighted by Gasteiger charge is 2.15. The number of nitrogens with one attached hydrogen (secondary N) is 2. The first-order valence-electron chi connectivity index (χ1n) is 8.02. The maximum absolute atomic E-state index is 12.1. The molecule has 0 aliphatic rings. The minimum absolute atomic E-state index is 0.104. The lowest BCUT2D eigenvalue weighted by Gasteiger charge is -2.07. The van der Waals surface area contributed by atoms with Crippen molar-refractivity contribution in [1.29, 1.82) is 0 Å². The lowest BCUT2D eigenvalue weighted by atomic mass is 10.1. The van der Waals surface area contributed by atoms with Gasteiger partial charge in [-0.3, -0.25) is 14.9 Å². The second-order valence-electron chi connectivity index (χ2n) is 5.50. The number of carbonyl (C=O) groups excluding carboxylic acids is 2. The molecule has 2 amide bonds. The van der Waals surface area contributed by atoms with E-state index >= 15 is 0 Å². The fourth-order valence-electron chi connectivity index (χ4n) is 2.33. The lowest BCUT2D eigenvalue weighted by molar-refractivity contribution is -0.115. The van der Waals surface area contributed by atoms with Crippen molar-refractivity contribution in [3.63, 3.8) is 0 Å². The summed E-state index contributed by atoms with van der Waals surface area (Å²) in [5.74, 6) is -0.212. The third kappa shape index (κ3) is 4.61. The Balaban J connectivity index is 1.88. The summed E-state index contributed by atoms with van der Waals surface area (Å²) in [4.78, 5) is 24.0. The molecule has 0 bridgehead atoms. The molecule has 6 nitrogen and oxygen atoms in total. The standard InChI is InChI=1S/C17H22N4O2S/c1-4-12(5-2)16-20-21-17(24-16)19-14(22)10-18-15(23)13-9-7-6-8-11(13)3/h6-9,12H,4-5,10H2,1-3H3,(H,18,23)(H,19,21,22). The Morgan fingerprint density at radius 2 is 1.88 bits per heavy atom. The molecule has 2 rings (SSSR count). The van der Waals surface area contributed by atoms with Crippen LogP contribution >= 0.6 is 11.3 Å². The first kappa shape index (κ1) is 18.1. The Morgan fingerprint density at radius 1 is 1.17 bits per heavy atom. The molecule has 1 heterocycles. The van der Waals surface area contributed by atoms with Crippen LogP contribution in [-0.4, -0.2) is 28.6 Å². The van der Waals surface area contributed by atoms with Crippen molar-refractivity contribution in [2.75, 3.05) is 11.9 Å². The summed E-state index contributed by atoms with van der Waals surface area (Å²) in [7, 11) is 0. The van der Waals surface area contributed by atoms with E-state index in [1.807, 2.05) is 19.1 Å². The summed E-state index contributed by atoms with van der Waals surface area (Å²) in [6.07, 6.45) is 1.98. The number of hydrogen-bond donors (Lipinski definition) is 2. The van der Waals surface area contributed by atoms with Crippen LogP contribution in [0.2, 0.25) is 0 Å². The largest absolute Gasteiger partial charge is 0.343 e. The maximum Gasteiger partial charge on any atom is 0.251 e. The number of benzene rings is 1. The van der Waals surface area contributed by atoms with Gasteiger partial charge in [-0.2, -0.15) is 0 Å². The van der Waals surface area contributed by atoms with Gasteiger partial charge in [-0.05, 0) is 31.4 Å². The molecule has 0 atom stereocenters. The fraction of sp³-hybridized carbons (Fsp3) is 0.412. The van der Waals surface area contributed by atoms with Crippen LogP contribution in [0.25, 0.3) is 0 Å². The third-order valence-electron chi connectivity index (χ3n) is 3.82. The molecule has 0 spiro atoms. The van der Waals surface area contributed by atoms with Crippen LogP contribution in [0.4, 0.5) is 5.13 Å². The molecule has 2 aromatic rings. The van der Waals surface area contributed by atoms with Crippen LogP contribution in [0.5, 0.6) is 0 Å². The van der Waals surface area contributed by atoms with Crippen molar-refractivity contribution in [3.8, 4) is 0 Å². The maximum atomic E-state index is 12.1. The van der Waals surface area contributed by atoms with E-state index in [9.17, 15) is 9.59 Å². The number of amides is 2. The summed E-state index contributed by atoms with van der Waals surface area (Å²) in [6.45, 7) is 5.96. The Kier molecular flexibility index (Phi) is 6.43. The molecule has 0 fully saturated rings. The van der Waals surface area contributed by atoms with Gasteiger partial charge in [-0.15, -0.1) is 10.2 Å². The minimum atomic E-state index is -0.316. The van der Waals surface area contributed by atoms with Crippen LogP contribution in [0, 0.1) is 6.92 Å². The van der Waals surface area contributed by atoms with Gasteiger partial charge >= 0.3 is 0 Å². The molecule has 1 aromatic heterocycles. The zero-order valence-electron chi connectivity index (χ0n) is 14.1. The normalized spacial score (nSPS) is 10.7. The molecule has 128 valence electrons. The van der Waals surface area contributed by atoms with Crippen LogP contribution in [-0.2, 0) is 4.79 Å². The fourth-order valence-corrected chi connectivity index (χ4v) is 3.36. The van der Waals surface area contributed by atoms with Crippen molar-refractivity contribution < 1.29 is 9.59 Å². The van der Waals surface area contributed by atoms with Gasteiger partial charge in [-0.1, -0.05) is 43.4 Å². The highest BCUT2D eigenvalue weighted by molar-refractivity contribution is 7.15. The highest BCUT2D eigenvalue weighted by atomic mass is 32.1. The number of carbonyl (C=O) groups is 2. The van der Waals surface area contributed by atoms with Crippen LogP contribution < -0.4 is 10.6 Å². The number of hydrogen-bond acceptors (Lipinski definition) is 5. The second-order valence-corrected chi connectivity index (χ2v) is 6.51.